The maximum Gasteiger partial charge on any atom is 0.251 e. The van der Waals surface area contributed by atoms with E-state index in [1.165, 1.54) is 30.4 Å². The number of piperidine rings is 1. The van der Waals surface area contributed by atoms with Crippen LogP contribution in [0.2, 0.25) is 0 Å². The summed E-state index contributed by atoms with van der Waals surface area (Å²) in [7, 11) is 0. The first-order valence-corrected chi connectivity index (χ1v) is 7.85. The van der Waals surface area contributed by atoms with E-state index in [9.17, 15) is 4.79 Å². The Labute approximate surface area is 121 Å². The van der Waals surface area contributed by atoms with Gasteiger partial charge >= 0.3 is 0 Å². The summed E-state index contributed by atoms with van der Waals surface area (Å²) in [5.41, 5.74) is 3.37. The first kappa shape index (κ1) is 13.6. The molecule has 108 valence electrons. The molecule has 1 aliphatic heterocycles. The Hall–Kier alpha value is -1.35. The Morgan fingerprint density at radius 1 is 1.15 bits per heavy atom. The summed E-state index contributed by atoms with van der Waals surface area (Å²) in [5.74, 6) is 0.708. The molecule has 3 heteroatoms. The molecule has 20 heavy (non-hydrogen) atoms. The minimum atomic E-state index is 0.105. The van der Waals surface area contributed by atoms with Crippen LogP contribution < -0.4 is 10.6 Å². The molecule has 1 aliphatic carbocycles. The van der Waals surface area contributed by atoms with E-state index in [1.807, 2.05) is 6.07 Å². The van der Waals surface area contributed by atoms with E-state index in [0.29, 0.717) is 12.0 Å². The van der Waals surface area contributed by atoms with Gasteiger partial charge in [0.1, 0.15) is 0 Å². The summed E-state index contributed by atoms with van der Waals surface area (Å²) in [6.45, 7) is 4.26. The van der Waals surface area contributed by atoms with Crippen molar-refractivity contribution in [3.8, 4) is 0 Å². The van der Waals surface area contributed by atoms with E-state index in [1.54, 1.807) is 0 Å². The predicted octanol–water partition coefficient (Wildman–Crippen LogP) is 2.74. The number of aryl methyl sites for hydroxylation is 1. The highest BCUT2D eigenvalue weighted by atomic mass is 16.1. The average Bonchev–Trinajstić information content (AvgIpc) is 2.43. The highest BCUT2D eigenvalue weighted by molar-refractivity contribution is 5.94. The maximum atomic E-state index is 12.3. The lowest BCUT2D eigenvalue weighted by atomic mass is 9.88. The SMILES string of the molecule is Cc1cc(C(=O)NC2CCC2)cc(C2CCNCC2)c1. The molecule has 1 amide bonds. The zero-order chi connectivity index (χ0) is 13.9. The normalized spacial score (nSPS) is 20.4. The fourth-order valence-corrected chi connectivity index (χ4v) is 3.16. The number of benzene rings is 1. The van der Waals surface area contributed by atoms with Gasteiger partial charge in [0.05, 0.1) is 0 Å². The third-order valence-corrected chi connectivity index (χ3v) is 4.61. The molecule has 0 unspecified atom stereocenters. The van der Waals surface area contributed by atoms with Crippen molar-refractivity contribution in [3.63, 3.8) is 0 Å². The number of hydrogen-bond acceptors (Lipinski definition) is 2. The van der Waals surface area contributed by atoms with Crippen molar-refractivity contribution in [2.45, 2.75) is 51.0 Å². The van der Waals surface area contributed by atoms with Gasteiger partial charge < -0.3 is 10.6 Å². The minimum absolute atomic E-state index is 0.105. The monoisotopic (exact) mass is 272 g/mol. The Bertz CT molecular complexity index is 488. The van der Waals surface area contributed by atoms with E-state index in [0.717, 1.165) is 31.5 Å². The summed E-state index contributed by atoms with van der Waals surface area (Å²) in [6.07, 6.45) is 5.87. The molecule has 2 aliphatic rings. The largest absolute Gasteiger partial charge is 0.349 e. The molecule has 0 spiro atoms. The summed E-state index contributed by atoms with van der Waals surface area (Å²) in [5, 5.41) is 6.54. The lowest BCUT2D eigenvalue weighted by Crippen LogP contribution is -2.39. The highest BCUT2D eigenvalue weighted by Gasteiger charge is 2.21. The summed E-state index contributed by atoms with van der Waals surface area (Å²) in [6, 6.07) is 6.77. The fraction of sp³-hybridized carbons (Fsp3) is 0.588. The molecular formula is C17H24N2O. The Morgan fingerprint density at radius 2 is 1.90 bits per heavy atom. The standard InChI is InChI=1S/C17H24N2O/c1-12-9-14(13-5-7-18-8-6-13)11-15(10-12)17(20)19-16-3-2-4-16/h9-11,13,16,18H,2-8H2,1H3,(H,19,20). The lowest BCUT2D eigenvalue weighted by Gasteiger charge is -2.27. The van der Waals surface area contributed by atoms with Crippen molar-refractivity contribution < 1.29 is 4.79 Å². The molecule has 0 aromatic heterocycles. The molecule has 1 heterocycles. The van der Waals surface area contributed by atoms with Gasteiger partial charge in [0.2, 0.25) is 0 Å². The van der Waals surface area contributed by atoms with Crippen LogP contribution in [0.1, 0.15) is 59.5 Å². The van der Waals surface area contributed by atoms with Crippen LogP contribution >= 0.6 is 0 Å². The van der Waals surface area contributed by atoms with E-state index in [-0.39, 0.29) is 5.91 Å². The van der Waals surface area contributed by atoms with Crippen molar-refractivity contribution >= 4 is 5.91 Å². The molecule has 1 saturated heterocycles. The zero-order valence-corrected chi connectivity index (χ0v) is 12.2. The van der Waals surface area contributed by atoms with Gasteiger partial charge in [0.25, 0.3) is 5.91 Å². The smallest absolute Gasteiger partial charge is 0.251 e. The highest BCUT2D eigenvalue weighted by Crippen LogP contribution is 2.27. The summed E-state index contributed by atoms with van der Waals surface area (Å²) >= 11 is 0. The molecule has 1 aromatic rings. The Kier molecular flexibility index (Phi) is 4.06. The molecule has 1 aromatic carbocycles. The van der Waals surface area contributed by atoms with Crippen LogP contribution in [0, 0.1) is 6.92 Å². The predicted molar refractivity (Wildman–Crippen MR) is 81.1 cm³/mol. The van der Waals surface area contributed by atoms with Crippen LogP contribution in [0.3, 0.4) is 0 Å². The van der Waals surface area contributed by atoms with E-state index >= 15 is 0 Å². The molecule has 0 radical (unpaired) electrons. The third-order valence-electron chi connectivity index (χ3n) is 4.61. The first-order valence-electron chi connectivity index (χ1n) is 7.85. The number of nitrogens with one attached hydrogen (secondary N) is 2. The van der Waals surface area contributed by atoms with Gasteiger partial charge in [-0.05, 0) is 75.7 Å². The van der Waals surface area contributed by atoms with Crippen molar-refractivity contribution in [1.82, 2.24) is 10.6 Å². The van der Waals surface area contributed by atoms with Crippen molar-refractivity contribution in [1.29, 1.82) is 0 Å². The number of amides is 1. The van der Waals surface area contributed by atoms with Crippen molar-refractivity contribution in [3.05, 3.63) is 34.9 Å². The molecule has 2 fully saturated rings. The van der Waals surface area contributed by atoms with Gasteiger partial charge in [0, 0.05) is 11.6 Å². The summed E-state index contributed by atoms with van der Waals surface area (Å²) in [4.78, 5) is 12.3. The molecular weight excluding hydrogens is 248 g/mol. The number of rotatable bonds is 3. The van der Waals surface area contributed by atoms with E-state index < -0.39 is 0 Å². The summed E-state index contributed by atoms with van der Waals surface area (Å²) < 4.78 is 0. The topological polar surface area (TPSA) is 41.1 Å². The quantitative estimate of drug-likeness (QED) is 0.888. The second-order valence-electron chi connectivity index (χ2n) is 6.26. The van der Waals surface area contributed by atoms with Crippen LogP contribution in [0.5, 0.6) is 0 Å². The van der Waals surface area contributed by atoms with Gasteiger partial charge in [0.15, 0.2) is 0 Å². The molecule has 3 rings (SSSR count). The molecule has 0 bridgehead atoms. The maximum absolute atomic E-state index is 12.3. The van der Waals surface area contributed by atoms with Crippen LogP contribution in [0.4, 0.5) is 0 Å². The number of hydrogen-bond donors (Lipinski definition) is 2. The first-order chi connectivity index (χ1) is 9.72. The number of carbonyl (C=O) groups excluding carboxylic acids is 1. The van der Waals surface area contributed by atoms with Gasteiger partial charge in [-0.15, -0.1) is 0 Å². The zero-order valence-electron chi connectivity index (χ0n) is 12.2. The van der Waals surface area contributed by atoms with Crippen LogP contribution in [-0.2, 0) is 0 Å². The fourth-order valence-electron chi connectivity index (χ4n) is 3.16. The van der Waals surface area contributed by atoms with Crippen LogP contribution in [-0.4, -0.2) is 25.0 Å². The van der Waals surface area contributed by atoms with Crippen LogP contribution in [0.25, 0.3) is 0 Å². The molecule has 2 N–H and O–H groups in total. The molecule has 0 atom stereocenters. The Balaban J connectivity index is 1.76. The van der Waals surface area contributed by atoms with Gasteiger partial charge in [-0.25, -0.2) is 0 Å². The van der Waals surface area contributed by atoms with Gasteiger partial charge in [-0.1, -0.05) is 11.6 Å². The van der Waals surface area contributed by atoms with Crippen molar-refractivity contribution in [2.75, 3.05) is 13.1 Å². The second kappa shape index (κ2) is 5.96. The lowest BCUT2D eigenvalue weighted by molar-refractivity contribution is 0.0916. The number of carbonyl (C=O) groups is 1. The minimum Gasteiger partial charge on any atom is -0.349 e. The van der Waals surface area contributed by atoms with Crippen molar-refractivity contribution in [2.24, 2.45) is 0 Å². The Morgan fingerprint density at radius 3 is 2.55 bits per heavy atom. The average molecular weight is 272 g/mol. The molecule has 1 saturated carbocycles. The van der Waals surface area contributed by atoms with E-state index in [2.05, 4.69) is 29.7 Å². The second-order valence-corrected chi connectivity index (χ2v) is 6.26. The molecule has 3 nitrogen and oxygen atoms in total. The van der Waals surface area contributed by atoms with Gasteiger partial charge in [-0.3, -0.25) is 4.79 Å². The van der Waals surface area contributed by atoms with E-state index in [4.69, 9.17) is 0 Å². The third kappa shape index (κ3) is 3.04. The van der Waals surface area contributed by atoms with Crippen LogP contribution in [0.15, 0.2) is 18.2 Å². The van der Waals surface area contributed by atoms with Gasteiger partial charge in [-0.2, -0.15) is 0 Å².